The van der Waals surface area contributed by atoms with Gasteiger partial charge in [0.15, 0.2) is 6.10 Å². The Balaban J connectivity index is 3.00. The molecule has 0 bridgehead atoms. The topological polar surface area (TPSA) is 73.7 Å². The van der Waals surface area contributed by atoms with Crippen molar-refractivity contribution in [2.24, 2.45) is 0 Å². The minimum Gasteiger partial charge on any atom is -0.380 e. The van der Waals surface area contributed by atoms with Gasteiger partial charge in [0.25, 0.3) is 5.78 Å². The number of aliphatic hydroxyl groups is 1. The highest BCUT2D eigenvalue weighted by atomic mass is 16.3. The van der Waals surface area contributed by atoms with Gasteiger partial charge in [0.05, 0.1) is 0 Å². The second kappa shape index (κ2) is 2.56. The number of hydrogen-bond acceptors (Lipinski definition) is 2. The van der Waals surface area contributed by atoms with Gasteiger partial charge in [-0.3, -0.25) is 4.79 Å². The molecule has 1 aliphatic rings. The standard InChI is InChI=1S/C6H6N2O2/c7-8-6-4(9)2-1-3-5(6)10/h1-2,5,10H,3H2. The lowest BCUT2D eigenvalue weighted by Crippen LogP contribution is -2.30. The second-order valence-corrected chi connectivity index (χ2v) is 2.00. The van der Waals surface area contributed by atoms with Crippen molar-refractivity contribution < 1.29 is 14.7 Å². The summed E-state index contributed by atoms with van der Waals surface area (Å²) in [7, 11) is 0. The van der Waals surface area contributed by atoms with Gasteiger partial charge in [-0.05, 0) is 6.08 Å². The van der Waals surface area contributed by atoms with Crippen LogP contribution in [0, 0.1) is 0 Å². The normalized spacial score (nSPS) is 24.7. The maximum absolute atomic E-state index is 10.7. The van der Waals surface area contributed by atoms with E-state index in [2.05, 4.69) is 4.79 Å². The van der Waals surface area contributed by atoms with Gasteiger partial charge < -0.3 is 10.6 Å². The third kappa shape index (κ3) is 1.03. The Hall–Kier alpha value is -1.25. The molecule has 1 aliphatic carbocycles. The van der Waals surface area contributed by atoms with E-state index in [1.807, 2.05) is 0 Å². The summed E-state index contributed by atoms with van der Waals surface area (Å²) in [5.41, 5.74) is 8.03. The van der Waals surface area contributed by atoms with Crippen LogP contribution in [0.25, 0.3) is 5.53 Å². The number of carbonyl (C=O) groups excluding carboxylic acids is 1. The maximum atomic E-state index is 10.7. The zero-order valence-corrected chi connectivity index (χ0v) is 5.19. The van der Waals surface area contributed by atoms with Crippen molar-refractivity contribution in [1.82, 2.24) is 0 Å². The Labute approximate surface area is 57.4 Å². The molecular formula is C6H6N2O2. The lowest BCUT2D eigenvalue weighted by Gasteiger charge is -2.03. The van der Waals surface area contributed by atoms with Crippen LogP contribution in [0.15, 0.2) is 12.2 Å². The van der Waals surface area contributed by atoms with Gasteiger partial charge >= 0.3 is 5.71 Å². The van der Waals surface area contributed by atoms with E-state index >= 15 is 0 Å². The van der Waals surface area contributed by atoms with E-state index in [0.29, 0.717) is 6.42 Å². The Morgan fingerprint density at radius 3 is 2.90 bits per heavy atom. The SMILES string of the molecule is [N-]=[N+]=C1C(=O)C=CCC1O. The average molecular weight is 138 g/mol. The van der Waals surface area contributed by atoms with Crippen molar-refractivity contribution in [3.8, 4) is 0 Å². The molecule has 1 N–H and O–H groups in total. The zero-order valence-electron chi connectivity index (χ0n) is 5.19. The summed E-state index contributed by atoms with van der Waals surface area (Å²) >= 11 is 0. The molecule has 0 aliphatic heterocycles. The molecular weight excluding hydrogens is 132 g/mol. The number of hydrogen-bond donors (Lipinski definition) is 1. The minimum atomic E-state index is -0.942. The zero-order chi connectivity index (χ0) is 7.56. The van der Waals surface area contributed by atoms with E-state index in [1.165, 1.54) is 6.08 Å². The van der Waals surface area contributed by atoms with Crippen LogP contribution >= 0.6 is 0 Å². The van der Waals surface area contributed by atoms with E-state index in [-0.39, 0.29) is 5.71 Å². The predicted molar refractivity (Wildman–Crippen MR) is 33.4 cm³/mol. The Morgan fingerprint density at radius 2 is 2.50 bits per heavy atom. The fraction of sp³-hybridized carbons (Fsp3) is 0.333. The van der Waals surface area contributed by atoms with Crippen LogP contribution in [-0.4, -0.2) is 27.5 Å². The number of allylic oxidation sites excluding steroid dienone is 1. The molecule has 4 nitrogen and oxygen atoms in total. The van der Waals surface area contributed by atoms with Crippen molar-refractivity contribution in [2.75, 3.05) is 0 Å². The second-order valence-electron chi connectivity index (χ2n) is 2.00. The van der Waals surface area contributed by atoms with Crippen LogP contribution in [0.3, 0.4) is 0 Å². The highest BCUT2D eigenvalue weighted by Gasteiger charge is 2.29. The van der Waals surface area contributed by atoms with E-state index < -0.39 is 11.9 Å². The molecule has 1 rings (SSSR count). The van der Waals surface area contributed by atoms with E-state index in [1.54, 1.807) is 6.08 Å². The molecule has 0 radical (unpaired) electrons. The molecule has 10 heavy (non-hydrogen) atoms. The molecule has 4 heteroatoms. The molecule has 1 unspecified atom stereocenters. The van der Waals surface area contributed by atoms with Crippen molar-refractivity contribution in [1.29, 1.82) is 0 Å². The molecule has 0 saturated carbocycles. The van der Waals surface area contributed by atoms with Crippen LogP contribution in [0.2, 0.25) is 0 Å². The van der Waals surface area contributed by atoms with E-state index in [4.69, 9.17) is 10.6 Å². The maximum Gasteiger partial charge on any atom is 0.367 e. The molecule has 0 heterocycles. The molecule has 0 aromatic rings. The van der Waals surface area contributed by atoms with E-state index in [9.17, 15) is 4.79 Å². The monoisotopic (exact) mass is 138 g/mol. The van der Waals surface area contributed by atoms with Gasteiger partial charge in [0.1, 0.15) is 0 Å². The first-order chi connectivity index (χ1) is 4.75. The van der Waals surface area contributed by atoms with Crippen LogP contribution < -0.4 is 0 Å². The van der Waals surface area contributed by atoms with Gasteiger partial charge in [-0.15, -0.1) is 0 Å². The van der Waals surface area contributed by atoms with Crippen LogP contribution in [0.5, 0.6) is 0 Å². The van der Waals surface area contributed by atoms with Gasteiger partial charge in [-0.1, -0.05) is 6.08 Å². The first-order valence-corrected chi connectivity index (χ1v) is 2.86. The van der Waals surface area contributed by atoms with Gasteiger partial charge in [-0.25, -0.2) is 0 Å². The summed E-state index contributed by atoms with van der Waals surface area (Å²) in [5, 5.41) is 8.98. The summed E-state index contributed by atoms with van der Waals surface area (Å²) < 4.78 is 0. The summed E-state index contributed by atoms with van der Waals surface area (Å²) in [4.78, 5) is 13.4. The first kappa shape index (κ1) is 6.86. The van der Waals surface area contributed by atoms with Crippen molar-refractivity contribution >= 4 is 11.5 Å². The van der Waals surface area contributed by atoms with Crippen molar-refractivity contribution in [2.45, 2.75) is 12.5 Å². The number of nitrogens with zero attached hydrogens (tertiary/aromatic N) is 2. The van der Waals surface area contributed by atoms with Crippen molar-refractivity contribution in [3.63, 3.8) is 0 Å². The van der Waals surface area contributed by atoms with Gasteiger partial charge in [-0.2, -0.15) is 4.79 Å². The molecule has 0 saturated heterocycles. The average Bonchev–Trinajstić information content (AvgIpc) is 1.88. The summed E-state index contributed by atoms with van der Waals surface area (Å²) in [6, 6.07) is 0. The highest BCUT2D eigenvalue weighted by molar-refractivity contribution is 6.43. The number of carbonyl (C=O) groups is 1. The van der Waals surface area contributed by atoms with Crippen molar-refractivity contribution in [3.05, 3.63) is 17.7 Å². The fourth-order valence-corrected chi connectivity index (χ4v) is 0.781. The quantitative estimate of drug-likeness (QED) is 0.363. The smallest absolute Gasteiger partial charge is 0.367 e. The van der Waals surface area contributed by atoms with Crippen LogP contribution in [0.4, 0.5) is 0 Å². The predicted octanol–water partition coefficient (Wildman–Crippen LogP) is -0.453. The molecule has 0 amide bonds. The number of aliphatic hydroxyl groups excluding tert-OH is 1. The molecule has 0 aromatic heterocycles. The highest BCUT2D eigenvalue weighted by Crippen LogP contribution is 2.02. The Morgan fingerprint density at radius 1 is 1.80 bits per heavy atom. The molecule has 52 valence electrons. The lowest BCUT2D eigenvalue weighted by atomic mass is 10.0. The van der Waals surface area contributed by atoms with Crippen LogP contribution in [0.1, 0.15) is 6.42 Å². The summed E-state index contributed by atoms with van der Waals surface area (Å²) in [5.74, 6) is -0.429. The van der Waals surface area contributed by atoms with Gasteiger partial charge in [0, 0.05) is 6.42 Å². The largest absolute Gasteiger partial charge is 0.380 e. The Kier molecular flexibility index (Phi) is 1.76. The Bertz CT molecular complexity index is 238. The lowest BCUT2D eigenvalue weighted by molar-refractivity contribution is -0.115. The first-order valence-electron chi connectivity index (χ1n) is 2.86. The molecule has 1 atom stereocenters. The summed E-state index contributed by atoms with van der Waals surface area (Å²) in [6.07, 6.45) is 2.22. The van der Waals surface area contributed by atoms with E-state index in [0.717, 1.165) is 0 Å². The summed E-state index contributed by atoms with van der Waals surface area (Å²) in [6.45, 7) is 0. The fourth-order valence-electron chi connectivity index (χ4n) is 0.781. The molecule has 0 spiro atoms. The van der Waals surface area contributed by atoms with Gasteiger partial charge in [0.2, 0.25) is 0 Å². The number of ketones is 1. The third-order valence-electron chi connectivity index (χ3n) is 1.30. The van der Waals surface area contributed by atoms with Crippen LogP contribution in [-0.2, 0) is 4.79 Å². The molecule has 0 fully saturated rings. The minimum absolute atomic E-state index is 0.178. The number of rotatable bonds is 0. The molecule has 0 aromatic carbocycles. The third-order valence-corrected chi connectivity index (χ3v) is 1.30.